The van der Waals surface area contributed by atoms with E-state index in [2.05, 4.69) is 15.9 Å². The number of amides is 2. The summed E-state index contributed by atoms with van der Waals surface area (Å²) in [5, 5.41) is 0. The lowest BCUT2D eigenvalue weighted by molar-refractivity contribution is 0.0642. The van der Waals surface area contributed by atoms with Crippen LogP contribution in [0.3, 0.4) is 0 Å². The predicted molar refractivity (Wildman–Crippen MR) is 90.9 cm³/mol. The molecule has 114 valence electrons. The Balaban J connectivity index is 0.000000847. The molecule has 3 nitrogen and oxygen atoms in total. The Labute approximate surface area is 139 Å². The number of hydrogen-bond acceptors (Lipinski definition) is 2. The number of fused-ring (bicyclic) bond motifs is 1. The van der Waals surface area contributed by atoms with E-state index in [4.69, 9.17) is 0 Å². The third kappa shape index (κ3) is 3.12. The zero-order chi connectivity index (χ0) is 16.3. The first-order valence-corrected chi connectivity index (χ1v) is 8.07. The smallest absolute Gasteiger partial charge is 0.261 e. The van der Waals surface area contributed by atoms with E-state index in [-0.39, 0.29) is 11.8 Å². The average molecular weight is 360 g/mol. The van der Waals surface area contributed by atoms with E-state index in [1.54, 1.807) is 24.3 Å². The zero-order valence-electron chi connectivity index (χ0n) is 12.9. The second kappa shape index (κ2) is 6.88. The van der Waals surface area contributed by atoms with Crippen LogP contribution in [-0.2, 0) is 6.54 Å². The van der Waals surface area contributed by atoms with Crippen molar-refractivity contribution in [2.45, 2.75) is 27.3 Å². The van der Waals surface area contributed by atoms with Crippen molar-refractivity contribution in [1.29, 1.82) is 0 Å². The summed E-state index contributed by atoms with van der Waals surface area (Å²) in [6.07, 6.45) is 0. The Bertz CT molecular complexity index is 670. The van der Waals surface area contributed by atoms with Gasteiger partial charge in [-0.2, -0.15) is 0 Å². The molecule has 0 saturated heterocycles. The number of carbonyl (C=O) groups excluding carboxylic acids is 2. The Kier molecular flexibility index (Phi) is 5.14. The number of aryl methyl sites for hydroxylation is 1. The van der Waals surface area contributed by atoms with Crippen LogP contribution in [0.1, 0.15) is 45.7 Å². The molecule has 1 heterocycles. The number of hydrogen-bond donors (Lipinski definition) is 0. The van der Waals surface area contributed by atoms with Gasteiger partial charge in [0.1, 0.15) is 0 Å². The molecule has 2 aromatic carbocycles. The van der Waals surface area contributed by atoms with Gasteiger partial charge in [0.2, 0.25) is 0 Å². The predicted octanol–water partition coefficient (Wildman–Crippen LogP) is 4.58. The number of nitrogens with zero attached hydrogens (tertiary/aromatic N) is 1. The summed E-state index contributed by atoms with van der Waals surface area (Å²) < 4.78 is 0.948. The molecule has 0 spiro atoms. The lowest BCUT2D eigenvalue weighted by Gasteiger charge is -2.14. The molecule has 4 heteroatoms. The molecular formula is C18H18BrNO2. The first-order valence-electron chi connectivity index (χ1n) is 7.27. The molecular weight excluding hydrogens is 342 g/mol. The van der Waals surface area contributed by atoms with Crippen LogP contribution in [0.4, 0.5) is 0 Å². The molecule has 0 N–H and O–H groups in total. The molecule has 0 bridgehead atoms. The van der Waals surface area contributed by atoms with Crippen LogP contribution in [0, 0.1) is 6.92 Å². The van der Waals surface area contributed by atoms with E-state index >= 15 is 0 Å². The van der Waals surface area contributed by atoms with Gasteiger partial charge in [-0.3, -0.25) is 14.5 Å². The maximum Gasteiger partial charge on any atom is 0.261 e. The normalized spacial score (nSPS) is 12.8. The van der Waals surface area contributed by atoms with Crippen molar-refractivity contribution < 1.29 is 9.59 Å². The van der Waals surface area contributed by atoms with Gasteiger partial charge >= 0.3 is 0 Å². The van der Waals surface area contributed by atoms with Crippen LogP contribution in [0.15, 0.2) is 46.9 Å². The van der Waals surface area contributed by atoms with Crippen molar-refractivity contribution in [3.05, 3.63) is 69.2 Å². The minimum Gasteiger partial charge on any atom is -0.270 e. The van der Waals surface area contributed by atoms with Crippen molar-refractivity contribution in [3.63, 3.8) is 0 Å². The number of carbonyl (C=O) groups is 2. The first kappa shape index (κ1) is 16.4. The lowest BCUT2D eigenvalue weighted by Crippen LogP contribution is -2.29. The van der Waals surface area contributed by atoms with Crippen molar-refractivity contribution in [3.8, 4) is 0 Å². The third-order valence-electron chi connectivity index (χ3n) is 3.32. The number of imide groups is 1. The molecule has 1 aliphatic heterocycles. The highest BCUT2D eigenvalue weighted by atomic mass is 79.9. The molecule has 0 aliphatic carbocycles. The van der Waals surface area contributed by atoms with Gasteiger partial charge in [-0.1, -0.05) is 48.0 Å². The Morgan fingerprint density at radius 1 is 0.955 bits per heavy atom. The highest BCUT2D eigenvalue weighted by molar-refractivity contribution is 9.10. The molecule has 0 fully saturated rings. The molecule has 0 aromatic heterocycles. The first-order chi connectivity index (χ1) is 10.6. The molecule has 0 atom stereocenters. The summed E-state index contributed by atoms with van der Waals surface area (Å²) >= 11 is 3.43. The molecule has 22 heavy (non-hydrogen) atoms. The van der Waals surface area contributed by atoms with Gasteiger partial charge in [-0.15, -0.1) is 0 Å². The van der Waals surface area contributed by atoms with Crippen molar-refractivity contribution >= 4 is 27.7 Å². The Morgan fingerprint density at radius 3 is 2.00 bits per heavy atom. The van der Waals surface area contributed by atoms with Gasteiger partial charge in [-0.05, 0) is 42.3 Å². The largest absolute Gasteiger partial charge is 0.270 e. The van der Waals surface area contributed by atoms with Gasteiger partial charge in [0.05, 0.1) is 17.7 Å². The fourth-order valence-electron chi connectivity index (χ4n) is 2.47. The van der Waals surface area contributed by atoms with Gasteiger partial charge in [0.25, 0.3) is 11.8 Å². The second-order valence-electron chi connectivity index (χ2n) is 4.88. The number of rotatable bonds is 2. The lowest BCUT2D eigenvalue weighted by atomic mass is 10.1. The third-order valence-corrected chi connectivity index (χ3v) is 3.78. The quantitative estimate of drug-likeness (QED) is 0.735. The number of halogens is 1. The van der Waals surface area contributed by atoms with Gasteiger partial charge < -0.3 is 0 Å². The molecule has 0 radical (unpaired) electrons. The fourth-order valence-corrected chi connectivity index (χ4v) is 3.12. The molecule has 1 aliphatic rings. The fraction of sp³-hybridized carbons (Fsp3) is 0.222. The molecule has 2 amide bonds. The van der Waals surface area contributed by atoms with Crippen LogP contribution in [0.2, 0.25) is 0 Å². The number of benzene rings is 2. The van der Waals surface area contributed by atoms with E-state index in [0.29, 0.717) is 17.7 Å². The van der Waals surface area contributed by atoms with E-state index < -0.39 is 0 Å². The van der Waals surface area contributed by atoms with E-state index in [1.165, 1.54) is 4.90 Å². The van der Waals surface area contributed by atoms with Gasteiger partial charge in [-0.25, -0.2) is 0 Å². The summed E-state index contributed by atoms with van der Waals surface area (Å²) in [5.41, 5.74) is 3.01. The monoisotopic (exact) mass is 359 g/mol. The van der Waals surface area contributed by atoms with E-state index in [0.717, 1.165) is 15.6 Å². The minimum atomic E-state index is -0.219. The molecule has 3 rings (SSSR count). The maximum absolute atomic E-state index is 12.3. The summed E-state index contributed by atoms with van der Waals surface area (Å²) in [4.78, 5) is 25.8. The summed E-state index contributed by atoms with van der Waals surface area (Å²) in [6, 6.07) is 12.8. The van der Waals surface area contributed by atoms with Crippen LogP contribution < -0.4 is 0 Å². The SMILES string of the molecule is CC.Cc1cc(Br)cc(CN2C(=O)c3ccccc3C2=O)c1. The molecule has 2 aromatic rings. The average Bonchev–Trinajstić information content (AvgIpc) is 2.74. The van der Waals surface area contributed by atoms with Crippen molar-refractivity contribution in [2.24, 2.45) is 0 Å². The second-order valence-corrected chi connectivity index (χ2v) is 5.79. The van der Waals surface area contributed by atoms with Gasteiger partial charge in [0.15, 0.2) is 0 Å². The van der Waals surface area contributed by atoms with Crippen LogP contribution >= 0.6 is 15.9 Å². The Hall–Kier alpha value is -1.94. The van der Waals surface area contributed by atoms with E-state index in [9.17, 15) is 9.59 Å². The highest BCUT2D eigenvalue weighted by Gasteiger charge is 2.34. The maximum atomic E-state index is 12.3. The van der Waals surface area contributed by atoms with Crippen LogP contribution in [0.5, 0.6) is 0 Å². The van der Waals surface area contributed by atoms with Gasteiger partial charge in [0, 0.05) is 4.47 Å². The van der Waals surface area contributed by atoms with E-state index in [1.807, 2.05) is 39.0 Å². The van der Waals surface area contributed by atoms with Crippen LogP contribution in [-0.4, -0.2) is 16.7 Å². The van der Waals surface area contributed by atoms with Crippen molar-refractivity contribution in [2.75, 3.05) is 0 Å². The van der Waals surface area contributed by atoms with Crippen molar-refractivity contribution in [1.82, 2.24) is 4.90 Å². The topological polar surface area (TPSA) is 37.4 Å². The highest BCUT2D eigenvalue weighted by Crippen LogP contribution is 2.25. The molecule has 0 saturated carbocycles. The standard InChI is InChI=1S/C16H12BrNO2.C2H6/c1-10-6-11(8-12(17)7-10)9-18-15(19)13-4-2-3-5-14(13)16(18)20;1-2/h2-8H,9H2,1H3;1-2H3. The molecule has 0 unspecified atom stereocenters. The summed E-state index contributed by atoms with van der Waals surface area (Å²) in [6.45, 7) is 6.28. The minimum absolute atomic E-state index is 0.219. The van der Waals surface area contributed by atoms with Crippen LogP contribution in [0.25, 0.3) is 0 Å². The Morgan fingerprint density at radius 2 is 1.50 bits per heavy atom. The zero-order valence-corrected chi connectivity index (χ0v) is 14.5. The summed E-state index contributed by atoms with van der Waals surface area (Å²) in [5.74, 6) is -0.438. The summed E-state index contributed by atoms with van der Waals surface area (Å²) in [7, 11) is 0.